The van der Waals surface area contributed by atoms with E-state index in [0.717, 1.165) is 27.7 Å². The number of hydrogen-bond donors (Lipinski definition) is 4. The Bertz CT molecular complexity index is 1250. The van der Waals surface area contributed by atoms with Crippen LogP contribution in [0.3, 0.4) is 0 Å². The fourth-order valence-corrected chi connectivity index (χ4v) is 4.84. The molecule has 184 valence electrons. The van der Waals surface area contributed by atoms with Crippen molar-refractivity contribution in [3.05, 3.63) is 65.4 Å². The van der Waals surface area contributed by atoms with Crippen LogP contribution in [0.2, 0.25) is 0 Å². The summed E-state index contributed by atoms with van der Waals surface area (Å²) in [5, 5.41) is 6.89. The largest absolute Gasteiger partial charge is 0.497 e. The van der Waals surface area contributed by atoms with Gasteiger partial charge in [-0.2, -0.15) is 0 Å². The zero-order valence-corrected chi connectivity index (χ0v) is 20.3. The van der Waals surface area contributed by atoms with Crippen molar-refractivity contribution in [2.24, 2.45) is 11.7 Å². The molecule has 2 aromatic carbocycles. The van der Waals surface area contributed by atoms with Crippen molar-refractivity contribution in [3.63, 3.8) is 0 Å². The number of fused-ring (bicyclic) bond motifs is 3. The highest BCUT2D eigenvalue weighted by Crippen LogP contribution is 2.34. The Morgan fingerprint density at radius 3 is 2.49 bits per heavy atom. The van der Waals surface area contributed by atoms with Crippen LogP contribution in [0.25, 0.3) is 10.9 Å². The molecule has 8 heteroatoms. The van der Waals surface area contributed by atoms with E-state index in [2.05, 4.69) is 15.6 Å². The van der Waals surface area contributed by atoms with Crippen molar-refractivity contribution in [2.45, 2.75) is 51.1 Å². The van der Waals surface area contributed by atoms with E-state index in [-0.39, 0.29) is 18.2 Å². The van der Waals surface area contributed by atoms with Crippen LogP contribution in [-0.2, 0) is 33.6 Å². The fraction of sp³-hybridized carbons (Fsp3) is 0.370. The standard InChI is InChI=1S/C27H32N4O4/c1-16(2)24(25(28)33)30-26(34)27(31-23(32)14-17-8-10-18(35-3)11-9-17)13-12-22-20(15-27)19-6-4-5-7-21(19)29-22/h4-11,16,24,29H,12-15H2,1-3H3,(H2,28,33)(H,30,34)(H,31,32)/t24-,27?/m0/s1. The van der Waals surface area contributed by atoms with Gasteiger partial charge in [-0.25, -0.2) is 0 Å². The number of carbonyl (C=O) groups is 3. The van der Waals surface area contributed by atoms with E-state index >= 15 is 0 Å². The van der Waals surface area contributed by atoms with Crippen LogP contribution < -0.4 is 21.1 Å². The van der Waals surface area contributed by atoms with Crippen LogP contribution in [0.15, 0.2) is 48.5 Å². The fourth-order valence-electron chi connectivity index (χ4n) is 4.84. The topological polar surface area (TPSA) is 126 Å². The number of para-hydroxylation sites is 1. The van der Waals surface area contributed by atoms with Crippen molar-refractivity contribution in [3.8, 4) is 5.75 Å². The number of benzene rings is 2. The molecule has 0 aliphatic heterocycles. The van der Waals surface area contributed by atoms with Crippen LogP contribution in [0, 0.1) is 5.92 Å². The SMILES string of the molecule is COc1ccc(CC(=O)NC2(C(=O)N[C@H](C(N)=O)C(C)C)CCc3[nH]c4ccccc4c3C2)cc1. The molecule has 0 radical (unpaired) electrons. The van der Waals surface area contributed by atoms with Gasteiger partial charge in [-0.1, -0.05) is 44.2 Å². The van der Waals surface area contributed by atoms with E-state index in [9.17, 15) is 14.4 Å². The quantitative estimate of drug-likeness (QED) is 0.398. The second-order valence-electron chi connectivity index (χ2n) is 9.56. The number of nitrogens with two attached hydrogens (primary N) is 1. The molecule has 2 atom stereocenters. The molecule has 1 aliphatic carbocycles. The van der Waals surface area contributed by atoms with Gasteiger partial charge in [0.15, 0.2) is 0 Å². The van der Waals surface area contributed by atoms with E-state index < -0.39 is 23.4 Å². The number of aromatic amines is 1. The number of nitrogens with one attached hydrogen (secondary N) is 3. The Hall–Kier alpha value is -3.81. The van der Waals surface area contributed by atoms with Gasteiger partial charge in [0, 0.05) is 23.0 Å². The molecule has 0 spiro atoms. The molecule has 35 heavy (non-hydrogen) atoms. The maximum atomic E-state index is 13.7. The normalized spacial score (nSPS) is 18.1. The number of carbonyl (C=O) groups excluding carboxylic acids is 3. The van der Waals surface area contributed by atoms with Gasteiger partial charge in [0.25, 0.3) is 0 Å². The molecule has 5 N–H and O–H groups in total. The first-order valence-corrected chi connectivity index (χ1v) is 11.8. The van der Waals surface area contributed by atoms with Gasteiger partial charge < -0.3 is 26.1 Å². The highest BCUT2D eigenvalue weighted by Gasteiger charge is 2.45. The molecular weight excluding hydrogens is 444 g/mol. The Labute approximate surface area is 204 Å². The predicted molar refractivity (Wildman–Crippen MR) is 134 cm³/mol. The summed E-state index contributed by atoms with van der Waals surface area (Å²) in [6.07, 6.45) is 1.42. The molecule has 8 nitrogen and oxygen atoms in total. The number of aryl methyl sites for hydroxylation is 1. The monoisotopic (exact) mass is 476 g/mol. The van der Waals surface area contributed by atoms with Crippen molar-refractivity contribution in [2.75, 3.05) is 7.11 Å². The smallest absolute Gasteiger partial charge is 0.246 e. The summed E-state index contributed by atoms with van der Waals surface area (Å²) in [5.74, 6) is -0.745. The van der Waals surface area contributed by atoms with Gasteiger partial charge in [0.1, 0.15) is 17.3 Å². The molecule has 4 rings (SSSR count). The number of ether oxygens (including phenoxy) is 1. The second-order valence-corrected chi connectivity index (χ2v) is 9.56. The number of H-pyrrole nitrogens is 1. The molecule has 3 amide bonds. The van der Waals surface area contributed by atoms with E-state index in [1.165, 1.54) is 0 Å². The summed E-state index contributed by atoms with van der Waals surface area (Å²) in [7, 11) is 1.59. The molecule has 0 saturated carbocycles. The summed E-state index contributed by atoms with van der Waals surface area (Å²) >= 11 is 0. The zero-order valence-electron chi connectivity index (χ0n) is 20.3. The number of aromatic nitrogens is 1. The Kier molecular flexibility index (Phi) is 6.82. The van der Waals surface area contributed by atoms with Gasteiger partial charge in [0.2, 0.25) is 17.7 Å². The third-order valence-corrected chi connectivity index (χ3v) is 6.78. The van der Waals surface area contributed by atoms with E-state index in [4.69, 9.17) is 10.5 Å². The molecule has 1 aromatic heterocycles. The van der Waals surface area contributed by atoms with Gasteiger partial charge in [-0.3, -0.25) is 14.4 Å². The van der Waals surface area contributed by atoms with Gasteiger partial charge in [0.05, 0.1) is 13.5 Å². The minimum absolute atomic E-state index is 0.114. The van der Waals surface area contributed by atoms with Crippen LogP contribution in [0.5, 0.6) is 5.75 Å². The van der Waals surface area contributed by atoms with E-state index in [1.807, 2.05) is 50.2 Å². The minimum Gasteiger partial charge on any atom is -0.497 e. The molecule has 0 fully saturated rings. The van der Waals surface area contributed by atoms with Crippen molar-refractivity contribution in [1.82, 2.24) is 15.6 Å². The number of amides is 3. The van der Waals surface area contributed by atoms with Crippen molar-refractivity contribution >= 4 is 28.6 Å². The molecule has 0 saturated heterocycles. The van der Waals surface area contributed by atoms with Gasteiger partial charge in [-0.05, 0) is 48.1 Å². The third kappa shape index (κ3) is 5.01. The average Bonchev–Trinajstić information content (AvgIpc) is 3.20. The molecule has 1 aliphatic rings. The average molecular weight is 477 g/mol. The van der Waals surface area contributed by atoms with E-state index in [0.29, 0.717) is 25.0 Å². The van der Waals surface area contributed by atoms with E-state index in [1.54, 1.807) is 19.2 Å². The molecule has 0 bridgehead atoms. The minimum atomic E-state index is -1.20. The summed E-state index contributed by atoms with van der Waals surface area (Å²) < 4.78 is 5.19. The zero-order chi connectivity index (χ0) is 25.2. The summed E-state index contributed by atoms with van der Waals surface area (Å²) in [4.78, 5) is 42.4. The first kappa shape index (κ1) is 24.3. The first-order valence-electron chi connectivity index (χ1n) is 11.8. The first-order chi connectivity index (χ1) is 16.7. The number of hydrogen-bond acceptors (Lipinski definition) is 4. The molecule has 1 unspecified atom stereocenters. The van der Waals surface area contributed by atoms with Crippen molar-refractivity contribution < 1.29 is 19.1 Å². The Balaban J connectivity index is 1.64. The highest BCUT2D eigenvalue weighted by molar-refractivity contribution is 5.96. The molecule has 1 heterocycles. The van der Waals surface area contributed by atoms with Gasteiger partial charge in [-0.15, -0.1) is 0 Å². The van der Waals surface area contributed by atoms with Crippen LogP contribution in [0.4, 0.5) is 0 Å². The summed E-state index contributed by atoms with van der Waals surface area (Å²) in [5.41, 5.74) is 8.23. The number of methoxy groups -OCH3 is 1. The van der Waals surface area contributed by atoms with Gasteiger partial charge >= 0.3 is 0 Å². The maximum Gasteiger partial charge on any atom is 0.246 e. The lowest BCUT2D eigenvalue weighted by Crippen LogP contribution is -2.64. The van der Waals surface area contributed by atoms with Crippen molar-refractivity contribution in [1.29, 1.82) is 0 Å². The molecule has 3 aromatic rings. The van der Waals surface area contributed by atoms with Crippen LogP contribution >= 0.6 is 0 Å². The van der Waals surface area contributed by atoms with Crippen LogP contribution in [-0.4, -0.2) is 41.4 Å². The second kappa shape index (κ2) is 9.82. The predicted octanol–water partition coefficient (Wildman–Crippen LogP) is 2.39. The maximum absolute atomic E-state index is 13.7. The summed E-state index contributed by atoms with van der Waals surface area (Å²) in [6.45, 7) is 3.65. The lowest BCUT2D eigenvalue weighted by Gasteiger charge is -2.38. The van der Waals surface area contributed by atoms with Crippen LogP contribution in [0.1, 0.15) is 37.1 Å². The number of primary amides is 1. The lowest BCUT2D eigenvalue weighted by molar-refractivity contribution is -0.136. The number of rotatable bonds is 8. The molecular formula is C27H32N4O4. The lowest BCUT2D eigenvalue weighted by atomic mass is 9.78. The Morgan fingerprint density at radius 1 is 1.11 bits per heavy atom. The highest BCUT2D eigenvalue weighted by atomic mass is 16.5. The summed E-state index contributed by atoms with van der Waals surface area (Å²) in [6, 6.07) is 14.3. The Morgan fingerprint density at radius 2 is 1.83 bits per heavy atom. The third-order valence-electron chi connectivity index (χ3n) is 6.78.